The minimum atomic E-state index is -0.630. The van der Waals surface area contributed by atoms with Crippen LogP contribution in [0.3, 0.4) is 0 Å². The van der Waals surface area contributed by atoms with Crippen molar-refractivity contribution in [1.82, 2.24) is 0 Å². The van der Waals surface area contributed by atoms with E-state index in [1.807, 2.05) is 30.3 Å². The highest BCUT2D eigenvalue weighted by Crippen LogP contribution is 2.40. The maximum Gasteiger partial charge on any atom is 0.227 e. The molecule has 2 atom stereocenters. The molecule has 0 aromatic heterocycles. The summed E-state index contributed by atoms with van der Waals surface area (Å²) in [5.41, 5.74) is 1.36. The minimum Gasteiger partial charge on any atom is -0.388 e. The first-order valence-corrected chi connectivity index (χ1v) is 9.20. The number of hydrogen-bond donors (Lipinski definition) is 1. The fourth-order valence-corrected chi connectivity index (χ4v) is 4.47. The van der Waals surface area contributed by atoms with Gasteiger partial charge < -0.3 is 10.0 Å². The van der Waals surface area contributed by atoms with E-state index >= 15 is 0 Å². The van der Waals surface area contributed by atoms with Crippen LogP contribution in [0.5, 0.6) is 0 Å². The smallest absolute Gasteiger partial charge is 0.227 e. The highest BCUT2D eigenvalue weighted by atomic mass is 79.9. The van der Waals surface area contributed by atoms with Gasteiger partial charge in [-0.1, -0.05) is 69.5 Å². The van der Waals surface area contributed by atoms with Crippen molar-refractivity contribution in [2.45, 2.75) is 18.9 Å². The number of benzene rings is 2. The minimum absolute atomic E-state index is 0.0300. The molecule has 1 amide bonds. The van der Waals surface area contributed by atoms with Gasteiger partial charge >= 0.3 is 0 Å². The molecule has 0 aliphatic carbocycles. The number of carbonyl (C=O) groups excluding carboxylic acids is 1. The lowest BCUT2D eigenvalue weighted by Gasteiger charge is -2.36. The van der Waals surface area contributed by atoms with Gasteiger partial charge in [-0.3, -0.25) is 4.79 Å². The van der Waals surface area contributed by atoms with Crippen LogP contribution in [0.1, 0.15) is 24.5 Å². The molecule has 1 N–H and O–H groups in total. The monoisotopic (exact) mass is 427 g/mol. The molecule has 1 heterocycles. The van der Waals surface area contributed by atoms with Crippen molar-refractivity contribution in [3.05, 3.63) is 62.5 Å². The van der Waals surface area contributed by atoms with Crippen molar-refractivity contribution in [3.63, 3.8) is 0 Å². The third kappa shape index (κ3) is 3.62. The maximum atomic E-state index is 12.4. The predicted octanol–water partition coefficient (Wildman–Crippen LogP) is 5.23. The number of rotatable bonds is 3. The molecule has 0 radical (unpaired) electrons. The Morgan fingerprint density at radius 1 is 1.17 bits per heavy atom. The van der Waals surface area contributed by atoms with Gasteiger partial charge in [0.2, 0.25) is 5.91 Å². The lowest BCUT2D eigenvalue weighted by molar-refractivity contribution is -0.120. The summed E-state index contributed by atoms with van der Waals surface area (Å²) in [6, 6.07) is 12.9. The molecule has 3 nitrogen and oxygen atoms in total. The summed E-state index contributed by atoms with van der Waals surface area (Å²) in [4.78, 5) is 14.0. The fraction of sp³-hybridized carbons (Fsp3) is 0.278. The molecule has 126 valence electrons. The van der Waals surface area contributed by atoms with Crippen LogP contribution in [0.15, 0.2) is 46.9 Å². The molecule has 1 fully saturated rings. The van der Waals surface area contributed by atoms with E-state index in [2.05, 4.69) is 15.9 Å². The molecule has 0 saturated carbocycles. The molecule has 1 saturated heterocycles. The molecule has 1 aliphatic rings. The first kappa shape index (κ1) is 17.7. The number of anilines is 1. The number of piperidine rings is 1. The van der Waals surface area contributed by atoms with Gasteiger partial charge in [-0.25, -0.2) is 0 Å². The molecule has 0 unspecified atom stereocenters. The van der Waals surface area contributed by atoms with Crippen molar-refractivity contribution < 1.29 is 9.90 Å². The van der Waals surface area contributed by atoms with Crippen molar-refractivity contribution in [2.75, 3.05) is 11.4 Å². The average molecular weight is 429 g/mol. The number of carbonyl (C=O) groups is 1. The standard InChI is InChI=1S/C18H16BrCl2NO2/c19-13-8-14(20)17(15(21)9-13)22-10-12(6-7-16(22)23)18(24)11-4-2-1-3-5-11/h1-5,8-9,12,18,24H,6-7,10H2/t12-,18-/m0/s1. The lowest BCUT2D eigenvalue weighted by atomic mass is 9.88. The van der Waals surface area contributed by atoms with E-state index < -0.39 is 6.10 Å². The molecular formula is C18H16BrCl2NO2. The van der Waals surface area contributed by atoms with Gasteiger partial charge in [0, 0.05) is 23.4 Å². The third-order valence-corrected chi connectivity index (χ3v) is 5.32. The second-order valence-electron chi connectivity index (χ2n) is 5.88. The zero-order valence-electron chi connectivity index (χ0n) is 12.8. The molecule has 2 aromatic rings. The summed E-state index contributed by atoms with van der Waals surface area (Å²) in [5, 5.41) is 11.5. The Morgan fingerprint density at radius 3 is 2.42 bits per heavy atom. The predicted molar refractivity (Wildman–Crippen MR) is 101 cm³/mol. The second kappa shape index (κ2) is 7.44. The third-order valence-electron chi connectivity index (χ3n) is 4.29. The van der Waals surface area contributed by atoms with Crippen LogP contribution in [-0.4, -0.2) is 17.6 Å². The highest BCUT2D eigenvalue weighted by Gasteiger charge is 2.33. The number of amides is 1. The molecule has 0 bridgehead atoms. The Kier molecular flexibility index (Phi) is 5.50. The van der Waals surface area contributed by atoms with Crippen molar-refractivity contribution in [1.29, 1.82) is 0 Å². The largest absolute Gasteiger partial charge is 0.388 e. The van der Waals surface area contributed by atoms with E-state index in [0.29, 0.717) is 35.1 Å². The van der Waals surface area contributed by atoms with Crippen LogP contribution in [0, 0.1) is 5.92 Å². The van der Waals surface area contributed by atoms with Crippen molar-refractivity contribution in [2.24, 2.45) is 5.92 Å². The van der Waals surface area contributed by atoms with E-state index in [1.54, 1.807) is 17.0 Å². The zero-order valence-corrected chi connectivity index (χ0v) is 15.9. The Labute approximate surface area is 159 Å². The molecule has 3 rings (SSSR count). The number of nitrogens with zero attached hydrogens (tertiary/aromatic N) is 1. The number of aliphatic hydroxyl groups excluding tert-OH is 1. The van der Waals surface area contributed by atoms with Gasteiger partial charge in [0.15, 0.2) is 0 Å². The summed E-state index contributed by atoms with van der Waals surface area (Å²) in [7, 11) is 0. The zero-order chi connectivity index (χ0) is 17.3. The summed E-state index contributed by atoms with van der Waals surface area (Å²) < 4.78 is 0.756. The first-order valence-electron chi connectivity index (χ1n) is 7.65. The molecule has 1 aliphatic heterocycles. The van der Waals surface area contributed by atoms with Gasteiger partial charge in [0.1, 0.15) is 0 Å². The van der Waals surface area contributed by atoms with Gasteiger partial charge in [-0.05, 0) is 24.1 Å². The fourth-order valence-electron chi connectivity index (χ4n) is 3.06. The van der Waals surface area contributed by atoms with Crippen LogP contribution in [0.4, 0.5) is 5.69 Å². The number of halogens is 3. The highest BCUT2D eigenvalue weighted by molar-refractivity contribution is 9.10. The SMILES string of the molecule is O=C1CC[C@H]([C@@H](O)c2ccccc2)CN1c1c(Cl)cc(Br)cc1Cl. The quantitative estimate of drug-likeness (QED) is 0.726. The van der Waals surface area contributed by atoms with E-state index in [-0.39, 0.29) is 11.8 Å². The van der Waals surface area contributed by atoms with Gasteiger partial charge in [0.05, 0.1) is 21.8 Å². The normalized spacial score (nSPS) is 19.4. The topological polar surface area (TPSA) is 40.5 Å². The van der Waals surface area contributed by atoms with Gasteiger partial charge in [-0.15, -0.1) is 0 Å². The Morgan fingerprint density at radius 2 is 1.79 bits per heavy atom. The molecule has 6 heteroatoms. The van der Waals surface area contributed by atoms with Gasteiger partial charge in [-0.2, -0.15) is 0 Å². The van der Waals surface area contributed by atoms with Crippen molar-refractivity contribution >= 4 is 50.7 Å². The average Bonchev–Trinajstić information content (AvgIpc) is 2.56. The first-order chi connectivity index (χ1) is 11.5. The molecule has 2 aromatic carbocycles. The van der Waals surface area contributed by atoms with Crippen LogP contribution < -0.4 is 4.90 Å². The summed E-state index contributed by atoms with van der Waals surface area (Å²) >= 11 is 16.0. The Balaban J connectivity index is 1.88. The van der Waals surface area contributed by atoms with Crippen LogP contribution in [0.25, 0.3) is 0 Å². The van der Waals surface area contributed by atoms with E-state index in [9.17, 15) is 9.90 Å². The van der Waals surface area contributed by atoms with Gasteiger partial charge in [0.25, 0.3) is 0 Å². The Hall–Kier alpha value is -1.07. The second-order valence-corrected chi connectivity index (χ2v) is 7.61. The molecule has 0 spiro atoms. The Bertz CT molecular complexity index is 731. The summed E-state index contributed by atoms with van der Waals surface area (Å²) in [6.07, 6.45) is 0.365. The van der Waals surface area contributed by atoms with E-state index in [4.69, 9.17) is 23.2 Å². The number of hydrogen-bond acceptors (Lipinski definition) is 2. The summed E-state index contributed by atoms with van der Waals surface area (Å²) in [6.45, 7) is 0.385. The lowest BCUT2D eigenvalue weighted by Crippen LogP contribution is -2.42. The van der Waals surface area contributed by atoms with E-state index in [0.717, 1.165) is 10.0 Å². The molecular weight excluding hydrogens is 413 g/mol. The summed E-state index contributed by atoms with van der Waals surface area (Å²) in [5.74, 6) is -0.0986. The van der Waals surface area contributed by atoms with Crippen LogP contribution in [-0.2, 0) is 4.79 Å². The van der Waals surface area contributed by atoms with Crippen LogP contribution >= 0.6 is 39.1 Å². The van der Waals surface area contributed by atoms with E-state index in [1.165, 1.54) is 0 Å². The van der Waals surface area contributed by atoms with Crippen molar-refractivity contribution in [3.8, 4) is 0 Å². The molecule has 24 heavy (non-hydrogen) atoms. The van der Waals surface area contributed by atoms with Crippen LogP contribution in [0.2, 0.25) is 10.0 Å². The number of aliphatic hydroxyl groups is 1. The maximum absolute atomic E-state index is 12.4.